The van der Waals surface area contributed by atoms with E-state index < -0.39 is 11.4 Å². The van der Waals surface area contributed by atoms with Crippen LogP contribution in [0.4, 0.5) is 4.39 Å². The molecule has 0 spiro atoms. The van der Waals surface area contributed by atoms with Crippen molar-refractivity contribution < 1.29 is 4.39 Å². The molecule has 2 aromatic rings. The minimum Gasteiger partial charge on any atom is -0.327 e. The smallest absolute Gasteiger partial charge is 0.263 e. The zero-order valence-corrected chi connectivity index (χ0v) is 7.91. The quantitative estimate of drug-likeness (QED) is 0.748. The molecule has 2 heterocycles. The molecule has 0 aromatic carbocycles. The first-order chi connectivity index (χ1) is 6.61. The van der Waals surface area contributed by atoms with E-state index in [0.29, 0.717) is 5.65 Å². The van der Waals surface area contributed by atoms with E-state index in [-0.39, 0.29) is 11.4 Å². The van der Waals surface area contributed by atoms with E-state index in [2.05, 4.69) is 9.97 Å². The molecule has 5 heteroatoms. The lowest BCUT2D eigenvalue weighted by molar-refractivity contribution is 0.585. The Bertz CT molecular complexity index is 526. The largest absolute Gasteiger partial charge is 0.327 e. The van der Waals surface area contributed by atoms with E-state index >= 15 is 0 Å². The Morgan fingerprint density at radius 1 is 1.57 bits per heavy atom. The van der Waals surface area contributed by atoms with Crippen molar-refractivity contribution >= 4 is 11.0 Å². The van der Waals surface area contributed by atoms with Crippen LogP contribution in [-0.2, 0) is 0 Å². The van der Waals surface area contributed by atoms with Crippen molar-refractivity contribution in [3.8, 4) is 0 Å². The highest BCUT2D eigenvalue weighted by molar-refractivity contribution is 5.75. The first-order valence-electron chi connectivity index (χ1n) is 4.35. The van der Waals surface area contributed by atoms with Crippen LogP contribution in [-0.4, -0.2) is 14.5 Å². The number of aromatic amines is 1. The molecular formula is C9H10FN3O. The second-order valence-electron chi connectivity index (χ2n) is 3.41. The topological polar surface area (TPSA) is 50.7 Å². The zero-order valence-electron chi connectivity index (χ0n) is 7.91. The minimum atomic E-state index is -0.525. The molecule has 74 valence electrons. The van der Waals surface area contributed by atoms with E-state index in [1.54, 1.807) is 4.57 Å². The van der Waals surface area contributed by atoms with E-state index in [1.165, 1.54) is 12.5 Å². The molecule has 0 radical (unpaired) electrons. The van der Waals surface area contributed by atoms with Crippen LogP contribution in [0.3, 0.4) is 0 Å². The Balaban J connectivity index is 2.91. The molecule has 0 atom stereocenters. The highest BCUT2D eigenvalue weighted by Crippen LogP contribution is 2.17. The summed E-state index contributed by atoms with van der Waals surface area (Å²) in [5, 5.41) is 0.0289. The van der Waals surface area contributed by atoms with E-state index in [9.17, 15) is 9.18 Å². The number of H-pyrrole nitrogens is 1. The highest BCUT2D eigenvalue weighted by atomic mass is 19.1. The number of aromatic nitrogens is 3. The Morgan fingerprint density at radius 2 is 2.29 bits per heavy atom. The molecule has 0 aliphatic carbocycles. The Labute approximate surface area is 79.4 Å². The number of nitrogens with zero attached hydrogens (tertiary/aromatic N) is 2. The SMILES string of the molecule is CC(C)n1cc(F)c2c(=O)[nH]cnc21. The van der Waals surface area contributed by atoms with Crippen molar-refractivity contribution in [1.82, 2.24) is 14.5 Å². The van der Waals surface area contributed by atoms with Gasteiger partial charge in [-0.15, -0.1) is 0 Å². The van der Waals surface area contributed by atoms with Crippen molar-refractivity contribution in [3.05, 3.63) is 28.7 Å². The summed E-state index contributed by atoms with van der Waals surface area (Å²) in [6.07, 6.45) is 2.58. The van der Waals surface area contributed by atoms with Crippen molar-refractivity contribution in [2.45, 2.75) is 19.9 Å². The van der Waals surface area contributed by atoms with E-state index in [0.717, 1.165) is 0 Å². The maximum Gasteiger partial charge on any atom is 0.263 e. The number of hydrogen-bond acceptors (Lipinski definition) is 2. The van der Waals surface area contributed by atoms with Gasteiger partial charge in [-0.05, 0) is 13.8 Å². The molecule has 0 aliphatic heterocycles. The monoisotopic (exact) mass is 195 g/mol. The van der Waals surface area contributed by atoms with Gasteiger partial charge in [0.05, 0.1) is 6.33 Å². The molecule has 0 saturated carbocycles. The Kier molecular flexibility index (Phi) is 1.87. The summed E-state index contributed by atoms with van der Waals surface area (Å²) in [6.45, 7) is 3.81. The second-order valence-corrected chi connectivity index (χ2v) is 3.41. The molecule has 0 aliphatic rings. The van der Waals surface area contributed by atoms with Crippen LogP contribution >= 0.6 is 0 Å². The molecule has 2 aromatic heterocycles. The van der Waals surface area contributed by atoms with Gasteiger partial charge in [-0.3, -0.25) is 4.79 Å². The first kappa shape index (κ1) is 8.93. The second kappa shape index (κ2) is 2.94. The van der Waals surface area contributed by atoms with Crippen molar-refractivity contribution in [2.24, 2.45) is 0 Å². The predicted molar refractivity (Wildman–Crippen MR) is 50.7 cm³/mol. The summed E-state index contributed by atoms with van der Waals surface area (Å²) in [5.74, 6) is -0.525. The van der Waals surface area contributed by atoms with Gasteiger partial charge in [-0.1, -0.05) is 0 Å². The molecule has 0 bridgehead atoms. The van der Waals surface area contributed by atoms with Crippen LogP contribution in [0.5, 0.6) is 0 Å². The maximum atomic E-state index is 13.3. The molecular weight excluding hydrogens is 185 g/mol. The van der Waals surface area contributed by atoms with Crippen LogP contribution in [0.1, 0.15) is 19.9 Å². The van der Waals surface area contributed by atoms with Crippen LogP contribution in [0.2, 0.25) is 0 Å². The summed E-state index contributed by atoms with van der Waals surface area (Å²) in [6, 6.07) is 0.0799. The minimum absolute atomic E-state index is 0.0289. The third-order valence-electron chi connectivity index (χ3n) is 2.13. The third kappa shape index (κ3) is 1.13. The van der Waals surface area contributed by atoms with Gasteiger partial charge in [0.25, 0.3) is 5.56 Å². The fourth-order valence-corrected chi connectivity index (χ4v) is 1.44. The molecule has 1 N–H and O–H groups in total. The number of halogens is 1. The number of hydrogen-bond donors (Lipinski definition) is 1. The van der Waals surface area contributed by atoms with Gasteiger partial charge >= 0.3 is 0 Å². The molecule has 0 saturated heterocycles. The van der Waals surface area contributed by atoms with Crippen LogP contribution < -0.4 is 5.56 Å². The van der Waals surface area contributed by atoms with Gasteiger partial charge in [0.15, 0.2) is 11.5 Å². The zero-order chi connectivity index (χ0) is 10.3. The van der Waals surface area contributed by atoms with E-state index in [4.69, 9.17) is 0 Å². The van der Waals surface area contributed by atoms with Gasteiger partial charge in [-0.2, -0.15) is 0 Å². The molecule has 0 amide bonds. The van der Waals surface area contributed by atoms with Gasteiger partial charge in [0.1, 0.15) is 5.39 Å². The summed E-state index contributed by atoms with van der Waals surface area (Å²) < 4.78 is 15.0. The van der Waals surface area contributed by atoms with Gasteiger partial charge in [-0.25, -0.2) is 9.37 Å². The lowest BCUT2D eigenvalue weighted by atomic mass is 10.4. The van der Waals surface area contributed by atoms with Crippen molar-refractivity contribution in [1.29, 1.82) is 0 Å². The molecule has 0 unspecified atom stereocenters. The van der Waals surface area contributed by atoms with Crippen LogP contribution in [0, 0.1) is 5.82 Å². The average molecular weight is 195 g/mol. The van der Waals surface area contributed by atoms with Crippen molar-refractivity contribution in [2.75, 3.05) is 0 Å². The first-order valence-corrected chi connectivity index (χ1v) is 4.35. The summed E-state index contributed by atoms with van der Waals surface area (Å²) in [4.78, 5) is 17.6. The highest BCUT2D eigenvalue weighted by Gasteiger charge is 2.13. The lowest BCUT2D eigenvalue weighted by Gasteiger charge is -2.06. The predicted octanol–water partition coefficient (Wildman–Crippen LogP) is 1.44. The molecule has 0 fully saturated rings. The third-order valence-corrected chi connectivity index (χ3v) is 2.13. The van der Waals surface area contributed by atoms with E-state index in [1.807, 2.05) is 13.8 Å². The average Bonchev–Trinajstić information content (AvgIpc) is 2.45. The number of nitrogens with one attached hydrogen (secondary N) is 1. The Hall–Kier alpha value is -1.65. The molecule has 14 heavy (non-hydrogen) atoms. The number of rotatable bonds is 1. The van der Waals surface area contributed by atoms with Gasteiger partial charge in [0.2, 0.25) is 0 Å². The van der Waals surface area contributed by atoms with Crippen LogP contribution in [0.25, 0.3) is 11.0 Å². The number of fused-ring (bicyclic) bond motifs is 1. The van der Waals surface area contributed by atoms with Gasteiger partial charge in [0, 0.05) is 12.2 Å². The molecule has 2 rings (SSSR count). The summed E-state index contributed by atoms with van der Waals surface area (Å²) >= 11 is 0. The maximum absolute atomic E-state index is 13.3. The fraction of sp³-hybridized carbons (Fsp3) is 0.333. The summed E-state index contributed by atoms with van der Waals surface area (Å²) in [7, 11) is 0. The van der Waals surface area contributed by atoms with Crippen molar-refractivity contribution in [3.63, 3.8) is 0 Å². The van der Waals surface area contributed by atoms with Crippen LogP contribution in [0.15, 0.2) is 17.3 Å². The fourth-order valence-electron chi connectivity index (χ4n) is 1.44. The summed E-state index contributed by atoms with van der Waals surface area (Å²) in [5.41, 5.74) is -0.0480. The standard InChI is InChI=1S/C9H10FN3O/c1-5(2)13-3-6(10)7-8(13)11-4-12-9(7)14/h3-5H,1-2H3,(H,11,12,14). The normalized spacial score (nSPS) is 11.4. The van der Waals surface area contributed by atoms with Gasteiger partial charge < -0.3 is 9.55 Å². The lowest BCUT2D eigenvalue weighted by Crippen LogP contribution is -2.08. The Morgan fingerprint density at radius 3 is 2.93 bits per heavy atom. The molecule has 4 nitrogen and oxygen atoms in total.